The van der Waals surface area contributed by atoms with Crippen LogP contribution in [0, 0.1) is 0 Å². The largest absolute Gasteiger partial charge is 0.481 e. The average Bonchev–Trinajstić information content (AvgIpc) is 2.25. The van der Waals surface area contributed by atoms with Crippen molar-refractivity contribution in [2.75, 3.05) is 6.61 Å². The molecule has 80 valence electrons. The highest BCUT2D eigenvalue weighted by Crippen LogP contribution is 2.19. The van der Waals surface area contributed by atoms with E-state index < -0.39 is 12.6 Å². The molecular formula is C11H12O4. The van der Waals surface area contributed by atoms with Gasteiger partial charge in [0.2, 0.25) is 0 Å². The summed E-state index contributed by atoms with van der Waals surface area (Å²) in [7, 11) is 0. The number of carbonyl (C=O) groups is 2. The lowest BCUT2D eigenvalue weighted by Gasteiger charge is -2.07. The van der Waals surface area contributed by atoms with E-state index in [-0.39, 0.29) is 5.78 Å². The maximum atomic E-state index is 11.5. The van der Waals surface area contributed by atoms with E-state index in [0.29, 0.717) is 17.7 Å². The highest BCUT2D eigenvalue weighted by atomic mass is 16.5. The summed E-state index contributed by atoms with van der Waals surface area (Å²) in [5.41, 5.74) is 0.432. The van der Waals surface area contributed by atoms with Gasteiger partial charge < -0.3 is 9.84 Å². The van der Waals surface area contributed by atoms with Crippen molar-refractivity contribution in [3.63, 3.8) is 0 Å². The molecule has 0 aliphatic heterocycles. The van der Waals surface area contributed by atoms with Crippen molar-refractivity contribution in [3.8, 4) is 5.75 Å². The van der Waals surface area contributed by atoms with Crippen LogP contribution in [-0.4, -0.2) is 23.5 Å². The van der Waals surface area contributed by atoms with Crippen LogP contribution in [0.1, 0.15) is 23.7 Å². The molecule has 0 atom stereocenters. The summed E-state index contributed by atoms with van der Waals surface area (Å²) < 4.78 is 5.00. The number of carboxylic acid groups (broad SMARTS) is 1. The molecule has 0 radical (unpaired) electrons. The van der Waals surface area contributed by atoms with Crippen LogP contribution in [0.2, 0.25) is 0 Å². The average molecular weight is 208 g/mol. The standard InChI is InChI=1S/C11H12O4/c1-2-9(12)8-5-3-4-6-10(8)15-7-11(13)14/h3-6H,2,7H2,1H3,(H,13,14). The van der Waals surface area contributed by atoms with Crippen LogP contribution in [-0.2, 0) is 4.79 Å². The third kappa shape index (κ3) is 3.09. The molecule has 0 saturated heterocycles. The van der Waals surface area contributed by atoms with Gasteiger partial charge in [-0.1, -0.05) is 19.1 Å². The number of aliphatic carboxylic acids is 1. The van der Waals surface area contributed by atoms with Crippen LogP contribution < -0.4 is 4.74 Å². The fourth-order valence-electron chi connectivity index (χ4n) is 1.15. The summed E-state index contributed by atoms with van der Waals surface area (Å²) in [6.07, 6.45) is 0.368. The topological polar surface area (TPSA) is 63.6 Å². The highest BCUT2D eigenvalue weighted by molar-refractivity contribution is 5.98. The fraction of sp³-hybridized carbons (Fsp3) is 0.273. The second-order valence-electron chi connectivity index (χ2n) is 2.96. The molecule has 0 aliphatic rings. The number of hydrogen-bond acceptors (Lipinski definition) is 3. The number of hydrogen-bond donors (Lipinski definition) is 1. The molecule has 1 aromatic rings. The van der Waals surface area contributed by atoms with Crippen LogP contribution in [0.15, 0.2) is 24.3 Å². The Morgan fingerprint density at radius 3 is 2.60 bits per heavy atom. The van der Waals surface area contributed by atoms with E-state index >= 15 is 0 Å². The molecule has 4 nitrogen and oxygen atoms in total. The predicted octanol–water partition coefficient (Wildman–Crippen LogP) is 1.74. The van der Waals surface area contributed by atoms with Crippen molar-refractivity contribution in [2.24, 2.45) is 0 Å². The summed E-state index contributed by atoms with van der Waals surface area (Å²) in [5.74, 6) is -0.795. The second-order valence-corrected chi connectivity index (χ2v) is 2.96. The van der Waals surface area contributed by atoms with Crippen molar-refractivity contribution in [1.82, 2.24) is 0 Å². The number of carbonyl (C=O) groups excluding carboxylic acids is 1. The Hall–Kier alpha value is -1.84. The molecule has 1 rings (SSSR count). The zero-order chi connectivity index (χ0) is 11.3. The maximum absolute atomic E-state index is 11.5. The second kappa shape index (κ2) is 5.14. The van der Waals surface area contributed by atoms with Gasteiger partial charge in [-0.3, -0.25) is 4.79 Å². The SMILES string of the molecule is CCC(=O)c1ccccc1OCC(=O)O. The summed E-state index contributed by atoms with van der Waals surface area (Å²) >= 11 is 0. The lowest BCUT2D eigenvalue weighted by atomic mass is 10.1. The third-order valence-electron chi connectivity index (χ3n) is 1.86. The van der Waals surface area contributed by atoms with Gasteiger partial charge in [-0.25, -0.2) is 4.79 Å². The Morgan fingerprint density at radius 2 is 2.00 bits per heavy atom. The van der Waals surface area contributed by atoms with Gasteiger partial charge in [-0.2, -0.15) is 0 Å². The van der Waals surface area contributed by atoms with E-state index in [2.05, 4.69) is 0 Å². The van der Waals surface area contributed by atoms with Crippen LogP contribution in [0.25, 0.3) is 0 Å². The number of ketones is 1. The first-order valence-corrected chi connectivity index (χ1v) is 4.62. The molecule has 0 aromatic heterocycles. The summed E-state index contributed by atoms with van der Waals surface area (Å²) in [6, 6.07) is 6.63. The van der Waals surface area contributed by atoms with E-state index in [1.807, 2.05) is 0 Å². The molecule has 0 heterocycles. The minimum atomic E-state index is -1.06. The predicted molar refractivity (Wildman–Crippen MR) is 54.2 cm³/mol. The molecular weight excluding hydrogens is 196 g/mol. The van der Waals surface area contributed by atoms with Gasteiger partial charge in [0.05, 0.1) is 5.56 Å². The number of Topliss-reactive ketones (excluding diaryl/α,β-unsaturated/α-hetero) is 1. The van der Waals surface area contributed by atoms with E-state index in [1.165, 1.54) is 0 Å². The van der Waals surface area contributed by atoms with Gasteiger partial charge in [-0.05, 0) is 12.1 Å². The number of para-hydroxylation sites is 1. The van der Waals surface area contributed by atoms with Crippen molar-refractivity contribution in [1.29, 1.82) is 0 Å². The zero-order valence-corrected chi connectivity index (χ0v) is 8.40. The quantitative estimate of drug-likeness (QED) is 0.748. The van der Waals surface area contributed by atoms with E-state index in [1.54, 1.807) is 31.2 Å². The van der Waals surface area contributed by atoms with Gasteiger partial charge in [0.15, 0.2) is 12.4 Å². The van der Waals surface area contributed by atoms with Gasteiger partial charge in [-0.15, -0.1) is 0 Å². The smallest absolute Gasteiger partial charge is 0.341 e. The minimum absolute atomic E-state index is 0.0593. The Morgan fingerprint density at radius 1 is 1.33 bits per heavy atom. The number of carboxylic acids is 1. The van der Waals surface area contributed by atoms with E-state index in [9.17, 15) is 9.59 Å². The van der Waals surface area contributed by atoms with E-state index in [4.69, 9.17) is 9.84 Å². The molecule has 1 aromatic carbocycles. The van der Waals surface area contributed by atoms with Gasteiger partial charge in [0, 0.05) is 6.42 Å². The molecule has 4 heteroatoms. The van der Waals surface area contributed by atoms with Crippen LogP contribution in [0.5, 0.6) is 5.75 Å². The first-order chi connectivity index (χ1) is 7.15. The van der Waals surface area contributed by atoms with Crippen molar-refractivity contribution in [3.05, 3.63) is 29.8 Å². The lowest BCUT2D eigenvalue weighted by molar-refractivity contribution is -0.139. The number of rotatable bonds is 5. The van der Waals surface area contributed by atoms with Gasteiger partial charge >= 0.3 is 5.97 Å². The van der Waals surface area contributed by atoms with Crippen molar-refractivity contribution in [2.45, 2.75) is 13.3 Å². The molecule has 0 unspecified atom stereocenters. The number of ether oxygens (including phenoxy) is 1. The van der Waals surface area contributed by atoms with Crippen molar-refractivity contribution >= 4 is 11.8 Å². The maximum Gasteiger partial charge on any atom is 0.341 e. The summed E-state index contributed by atoms with van der Waals surface area (Å²) in [4.78, 5) is 21.8. The van der Waals surface area contributed by atoms with Crippen LogP contribution in [0.3, 0.4) is 0 Å². The Labute approximate surface area is 87.5 Å². The molecule has 0 saturated carbocycles. The first kappa shape index (κ1) is 11.2. The Kier molecular flexibility index (Phi) is 3.85. The molecule has 0 spiro atoms. The van der Waals surface area contributed by atoms with Gasteiger partial charge in [0.25, 0.3) is 0 Å². The fourth-order valence-corrected chi connectivity index (χ4v) is 1.15. The summed E-state index contributed by atoms with van der Waals surface area (Å²) in [6.45, 7) is 1.31. The molecule has 0 bridgehead atoms. The van der Waals surface area contributed by atoms with Crippen molar-refractivity contribution < 1.29 is 19.4 Å². The van der Waals surface area contributed by atoms with Gasteiger partial charge in [0.1, 0.15) is 5.75 Å². The highest BCUT2D eigenvalue weighted by Gasteiger charge is 2.10. The summed E-state index contributed by atoms with van der Waals surface area (Å²) in [5, 5.41) is 8.45. The molecule has 1 N–H and O–H groups in total. The third-order valence-corrected chi connectivity index (χ3v) is 1.86. The molecule has 15 heavy (non-hydrogen) atoms. The van der Waals surface area contributed by atoms with E-state index in [0.717, 1.165) is 0 Å². The zero-order valence-electron chi connectivity index (χ0n) is 8.40. The monoisotopic (exact) mass is 208 g/mol. The van der Waals surface area contributed by atoms with Crippen LogP contribution in [0.4, 0.5) is 0 Å². The first-order valence-electron chi connectivity index (χ1n) is 4.62. The Bertz CT molecular complexity index is 371. The molecule has 0 aliphatic carbocycles. The normalized spacial score (nSPS) is 9.67. The Balaban J connectivity index is 2.86. The molecule has 0 amide bonds. The number of benzene rings is 1. The molecule has 0 fully saturated rings. The minimum Gasteiger partial charge on any atom is -0.481 e. The lowest BCUT2D eigenvalue weighted by Crippen LogP contribution is -2.11. The van der Waals surface area contributed by atoms with Crippen LogP contribution >= 0.6 is 0 Å².